The van der Waals surface area contributed by atoms with Gasteiger partial charge in [-0.2, -0.15) is 0 Å². The number of nitrogens with zero attached hydrogens (tertiary/aromatic N) is 3. The zero-order valence-electron chi connectivity index (χ0n) is 13.1. The van der Waals surface area contributed by atoms with E-state index in [0.717, 1.165) is 8.14 Å². The Morgan fingerprint density at radius 3 is 2.62 bits per heavy atom. The molecule has 8 heteroatoms. The van der Waals surface area contributed by atoms with Crippen LogP contribution < -0.4 is 16.6 Å². The number of hydrogen-bond acceptors (Lipinski definition) is 3. The molecule has 3 aromatic rings. The molecule has 24 heavy (non-hydrogen) atoms. The molecule has 7 nitrogen and oxygen atoms in total. The first-order valence-electron chi connectivity index (χ1n) is 7.19. The summed E-state index contributed by atoms with van der Waals surface area (Å²) in [5.41, 5.74) is 0.722. The predicted octanol–water partition coefficient (Wildman–Crippen LogP) is 1.28. The predicted molar refractivity (Wildman–Crippen MR) is 100 cm³/mol. The zero-order chi connectivity index (χ0) is 17.4. The average Bonchev–Trinajstić information content (AvgIpc) is 2.94. The number of carbonyl (C=O) groups excluding carboxylic acids is 1. The van der Waals surface area contributed by atoms with Crippen LogP contribution in [0.5, 0.6) is 0 Å². The van der Waals surface area contributed by atoms with Crippen LogP contribution in [0.15, 0.2) is 46.1 Å². The third-order valence-electron chi connectivity index (χ3n) is 3.81. The molecule has 1 aromatic carbocycles. The Morgan fingerprint density at radius 1 is 1.17 bits per heavy atom. The van der Waals surface area contributed by atoms with Gasteiger partial charge in [-0.15, -0.1) is 0 Å². The summed E-state index contributed by atoms with van der Waals surface area (Å²) in [6.07, 6.45) is 1.64. The van der Waals surface area contributed by atoms with Gasteiger partial charge in [0.15, 0.2) is 0 Å². The van der Waals surface area contributed by atoms with Gasteiger partial charge in [-0.25, -0.2) is 4.79 Å². The highest BCUT2D eigenvalue weighted by atomic mass is 127. The monoisotopic (exact) mass is 438 g/mol. The van der Waals surface area contributed by atoms with Gasteiger partial charge in [0.2, 0.25) is 5.91 Å². The number of carbonyl (C=O) groups is 1. The molecule has 0 spiro atoms. The van der Waals surface area contributed by atoms with Gasteiger partial charge in [-0.05, 0) is 46.9 Å². The van der Waals surface area contributed by atoms with Crippen molar-refractivity contribution in [1.82, 2.24) is 13.7 Å². The number of rotatable bonds is 3. The minimum atomic E-state index is -0.417. The third-order valence-corrected chi connectivity index (χ3v) is 4.48. The Kier molecular flexibility index (Phi) is 4.31. The SMILES string of the molecule is Cn1c(=O)c2c(ccn2CC(=O)Nc2cccc(I)c2)n(C)c1=O. The maximum absolute atomic E-state index is 12.4. The van der Waals surface area contributed by atoms with Crippen LogP contribution in [0, 0.1) is 3.57 Å². The van der Waals surface area contributed by atoms with E-state index in [9.17, 15) is 14.4 Å². The Balaban J connectivity index is 1.95. The Morgan fingerprint density at radius 2 is 1.92 bits per heavy atom. The van der Waals surface area contributed by atoms with Crippen LogP contribution >= 0.6 is 22.6 Å². The summed E-state index contributed by atoms with van der Waals surface area (Å²) < 4.78 is 5.00. The lowest BCUT2D eigenvalue weighted by molar-refractivity contribution is -0.116. The molecule has 0 saturated carbocycles. The number of fused-ring (bicyclic) bond motifs is 1. The first-order chi connectivity index (χ1) is 11.4. The van der Waals surface area contributed by atoms with Crippen LogP contribution in [-0.2, 0) is 25.4 Å². The molecule has 1 N–H and O–H groups in total. The van der Waals surface area contributed by atoms with Gasteiger partial charge in [0.1, 0.15) is 12.1 Å². The number of nitrogens with one attached hydrogen (secondary N) is 1. The van der Waals surface area contributed by atoms with E-state index >= 15 is 0 Å². The third kappa shape index (κ3) is 2.88. The second-order valence-corrected chi connectivity index (χ2v) is 6.69. The molecule has 0 unspecified atom stereocenters. The summed E-state index contributed by atoms with van der Waals surface area (Å²) in [5, 5.41) is 2.80. The maximum Gasteiger partial charge on any atom is 0.331 e. The van der Waals surface area contributed by atoms with E-state index in [1.165, 1.54) is 11.6 Å². The highest BCUT2D eigenvalue weighted by Gasteiger charge is 2.14. The first-order valence-corrected chi connectivity index (χ1v) is 8.26. The Labute approximate surface area is 150 Å². The van der Waals surface area contributed by atoms with Crippen molar-refractivity contribution < 1.29 is 4.79 Å². The highest BCUT2D eigenvalue weighted by molar-refractivity contribution is 14.1. The number of anilines is 1. The average molecular weight is 438 g/mol. The molecule has 0 aliphatic carbocycles. The van der Waals surface area contributed by atoms with Crippen molar-refractivity contribution in [3.05, 3.63) is 60.9 Å². The smallest absolute Gasteiger partial charge is 0.331 e. The van der Waals surface area contributed by atoms with Gasteiger partial charge < -0.3 is 9.88 Å². The van der Waals surface area contributed by atoms with E-state index < -0.39 is 11.2 Å². The molecule has 0 aliphatic rings. The van der Waals surface area contributed by atoms with Gasteiger partial charge in [0, 0.05) is 29.5 Å². The van der Waals surface area contributed by atoms with Crippen molar-refractivity contribution in [2.75, 3.05) is 5.32 Å². The fourth-order valence-corrected chi connectivity index (χ4v) is 3.13. The summed E-state index contributed by atoms with van der Waals surface area (Å²) >= 11 is 2.17. The summed E-state index contributed by atoms with van der Waals surface area (Å²) in [5.74, 6) is -0.245. The van der Waals surface area contributed by atoms with Crippen LogP contribution in [0.25, 0.3) is 11.0 Å². The quantitative estimate of drug-likeness (QED) is 0.627. The molecular weight excluding hydrogens is 423 g/mol. The number of amides is 1. The van der Waals surface area contributed by atoms with Gasteiger partial charge in [0.05, 0.1) is 5.52 Å². The summed E-state index contributed by atoms with van der Waals surface area (Å²) in [4.78, 5) is 36.6. The standard InChI is InChI=1S/C16H15IN4O3/c1-19-12-6-7-21(14(12)15(23)20(2)16(19)24)9-13(22)18-11-5-3-4-10(17)8-11/h3-8H,9H2,1-2H3,(H,18,22). The maximum atomic E-state index is 12.4. The minimum Gasteiger partial charge on any atom is -0.332 e. The van der Waals surface area contributed by atoms with E-state index in [1.54, 1.807) is 29.9 Å². The lowest BCUT2D eigenvalue weighted by atomic mass is 10.3. The summed E-state index contributed by atoms with van der Waals surface area (Å²) in [6.45, 7) is -0.0115. The van der Waals surface area contributed by atoms with Crippen molar-refractivity contribution >= 4 is 45.2 Å². The van der Waals surface area contributed by atoms with Crippen molar-refractivity contribution in [1.29, 1.82) is 0 Å². The normalized spacial score (nSPS) is 11.0. The van der Waals surface area contributed by atoms with E-state index in [-0.39, 0.29) is 12.5 Å². The second-order valence-electron chi connectivity index (χ2n) is 5.44. The van der Waals surface area contributed by atoms with Crippen molar-refractivity contribution in [2.45, 2.75) is 6.54 Å². The van der Waals surface area contributed by atoms with E-state index in [2.05, 4.69) is 27.9 Å². The molecule has 0 radical (unpaired) electrons. The van der Waals surface area contributed by atoms with Crippen molar-refractivity contribution in [3.8, 4) is 0 Å². The highest BCUT2D eigenvalue weighted by Crippen LogP contribution is 2.13. The van der Waals surface area contributed by atoms with Gasteiger partial charge in [0.25, 0.3) is 5.56 Å². The molecule has 0 fully saturated rings. The molecule has 2 heterocycles. The van der Waals surface area contributed by atoms with E-state index in [0.29, 0.717) is 16.7 Å². The van der Waals surface area contributed by atoms with E-state index in [1.807, 2.05) is 18.2 Å². The van der Waals surface area contributed by atoms with Crippen LogP contribution in [0.4, 0.5) is 5.69 Å². The molecule has 124 valence electrons. The number of benzene rings is 1. The molecule has 0 aliphatic heterocycles. The van der Waals surface area contributed by atoms with Crippen LogP contribution in [0.3, 0.4) is 0 Å². The zero-order valence-corrected chi connectivity index (χ0v) is 15.3. The molecule has 0 bridgehead atoms. The second kappa shape index (κ2) is 6.27. The first kappa shape index (κ1) is 16.5. The Bertz CT molecular complexity index is 1060. The van der Waals surface area contributed by atoms with Crippen LogP contribution in [-0.4, -0.2) is 19.6 Å². The number of halogens is 1. The summed E-state index contributed by atoms with van der Waals surface area (Å²) in [7, 11) is 3.02. The number of aromatic nitrogens is 3. The molecule has 0 atom stereocenters. The molecule has 0 saturated heterocycles. The van der Waals surface area contributed by atoms with Crippen LogP contribution in [0.1, 0.15) is 0 Å². The molecule has 2 aromatic heterocycles. The molecular formula is C16H15IN4O3. The Hall–Kier alpha value is -2.36. The van der Waals surface area contributed by atoms with E-state index in [4.69, 9.17) is 0 Å². The fraction of sp³-hybridized carbons (Fsp3) is 0.188. The van der Waals surface area contributed by atoms with Gasteiger partial charge >= 0.3 is 5.69 Å². The molecule has 3 rings (SSSR count). The summed E-state index contributed by atoms with van der Waals surface area (Å²) in [6, 6.07) is 9.11. The fourth-order valence-electron chi connectivity index (χ4n) is 2.59. The van der Waals surface area contributed by atoms with Gasteiger partial charge in [-0.1, -0.05) is 6.07 Å². The lowest BCUT2D eigenvalue weighted by Gasteiger charge is -2.09. The number of hydrogen-bond donors (Lipinski definition) is 1. The lowest BCUT2D eigenvalue weighted by Crippen LogP contribution is -2.37. The van der Waals surface area contributed by atoms with Crippen molar-refractivity contribution in [3.63, 3.8) is 0 Å². The largest absolute Gasteiger partial charge is 0.332 e. The number of aryl methyl sites for hydroxylation is 1. The topological polar surface area (TPSA) is 78.0 Å². The molecule has 1 amide bonds. The van der Waals surface area contributed by atoms with Crippen LogP contribution in [0.2, 0.25) is 0 Å². The van der Waals surface area contributed by atoms with Crippen molar-refractivity contribution in [2.24, 2.45) is 14.1 Å². The minimum absolute atomic E-state index is 0.0115. The van der Waals surface area contributed by atoms with Gasteiger partial charge in [-0.3, -0.25) is 18.7 Å².